The lowest BCUT2D eigenvalue weighted by molar-refractivity contribution is -0.156. The van der Waals surface area contributed by atoms with E-state index in [-0.39, 0.29) is 11.4 Å². The fourth-order valence-corrected chi connectivity index (χ4v) is 2.85. The summed E-state index contributed by atoms with van der Waals surface area (Å²) in [6.07, 6.45) is 11.6. The molecular formula is C15H27BO2. The molecule has 1 rings (SSSR count). The first-order valence-electron chi connectivity index (χ1n) is 7.62. The fourth-order valence-electron chi connectivity index (χ4n) is 2.85. The van der Waals surface area contributed by atoms with E-state index in [2.05, 4.69) is 6.92 Å². The zero-order chi connectivity index (χ0) is 13.3. The largest absolute Gasteiger partial charge is 0.465 e. The van der Waals surface area contributed by atoms with Gasteiger partial charge in [0.2, 0.25) is 0 Å². The van der Waals surface area contributed by atoms with Crippen molar-refractivity contribution in [3.8, 4) is 0 Å². The SMILES string of the molecule is [B]CCCCCC1(C(=O)OCCCC)CCCC1. The molecule has 0 bridgehead atoms. The summed E-state index contributed by atoms with van der Waals surface area (Å²) >= 11 is 0. The summed E-state index contributed by atoms with van der Waals surface area (Å²) in [5, 5.41) is 0. The summed E-state index contributed by atoms with van der Waals surface area (Å²) in [6.45, 7) is 2.71. The second-order valence-electron chi connectivity index (χ2n) is 5.58. The molecule has 2 radical (unpaired) electrons. The second kappa shape index (κ2) is 8.60. The highest BCUT2D eigenvalue weighted by Crippen LogP contribution is 2.43. The highest BCUT2D eigenvalue weighted by molar-refractivity contribution is 6.08. The van der Waals surface area contributed by atoms with Gasteiger partial charge in [0, 0.05) is 0 Å². The number of esters is 1. The Bertz CT molecular complexity index is 235. The maximum Gasteiger partial charge on any atom is 0.312 e. The van der Waals surface area contributed by atoms with Gasteiger partial charge in [0.1, 0.15) is 0 Å². The Labute approximate surface area is 113 Å². The molecule has 0 saturated heterocycles. The van der Waals surface area contributed by atoms with E-state index in [0.29, 0.717) is 6.61 Å². The van der Waals surface area contributed by atoms with Crippen LogP contribution >= 0.6 is 0 Å². The quantitative estimate of drug-likeness (QED) is 0.350. The maximum absolute atomic E-state index is 12.3. The Morgan fingerprint density at radius 3 is 2.50 bits per heavy atom. The number of carbonyl (C=O) groups is 1. The van der Waals surface area contributed by atoms with Crippen LogP contribution in [0.3, 0.4) is 0 Å². The van der Waals surface area contributed by atoms with Crippen LogP contribution in [0.2, 0.25) is 6.32 Å². The van der Waals surface area contributed by atoms with Gasteiger partial charge in [-0.25, -0.2) is 0 Å². The molecule has 0 unspecified atom stereocenters. The van der Waals surface area contributed by atoms with Crippen LogP contribution in [-0.4, -0.2) is 20.4 Å². The Morgan fingerprint density at radius 1 is 1.17 bits per heavy atom. The van der Waals surface area contributed by atoms with Crippen molar-refractivity contribution in [3.05, 3.63) is 0 Å². The van der Waals surface area contributed by atoms with E-state index in [1.54, 1.807) is 0 Å². The minimum atomic E-state index is -0.150. The van der Waals surface area contributed by atoms with Crippen LogP contribution in [0.15, 0.2) is 0 Å². The third-order valence-electron chi connectivity index (χ3n) is 4.08. The average Bonchev–Trinajstić information content (AvgIpc) is 2.85. The minimum Gasteiger partial charge on any atom is -0.465 e. The van der Waals surface area contributed by atoms with Crippen molar-refractivity contribution in [2.75, 3.05) is 6.61 Å². The summed E-state index contributed by atoms with van der Waals surface area (Å²) in [5.74, 6) is 0.0706. The first-order chi connectivity index (χ1) is 8.75. The van der Waals surface area contributed by atoms with Crippen LogP contribution in [0, 0.1) is 5.41 Å². The van der Waals surface area contributed by atoms with Gasteiger partial charge in [0.25, 0.3) is 0 Å². The monoisotopic (exact) mass is 250 g/mol. The van der Waals surface area contributed by atoms with Crippen molar-refractivity contribution in [1.82, 2.24) is 0 Å². The Morgan fingerprint density at radius 2 is 1.89 bits per heavy atom. The molecule has 0 heterocycles. The zero-order valence-electron chi connectivity index (χ0n) is 11.9. The fraction of sp³-hybridized carbons (Fsp3) is 0.933. The smallest absolute Gasteiger partial charge is 0.312 e. The first kappa shape index (κ1) is 15.6. The lowest BCUT2D eigenvalue weighted by Crippen LogP contribution is -2.30. The number of unbranched alkanes of at least 4 members (excludes halogenated alkanes) is 3. The normalized spacial score (nSPS) is 17.8. The van der Waals surface area contributed by atoms with Crippen LogP contribution in [0.1, 0.15) is 71.1 Å². The van der Waals surface area contributed by atoms with Gasteiger partial charge in [-0.3, -0.25) is 4.79 Å². The molecule has 0 aromatic heterocycles. The summed E-state index contributed by atoms with van der Waals surface area (Å²) < 4.78 is 5.46. The highest BCUT2D eigenvalue weighted by Gasteiger charge is 2.41. The van der Waals surface area contributed by atoms with Gasteiger partial charge in [-0.1, -0.05) is 51.8 Å². The van der Waals surface area contributed by atoms with Crippen LogP contribution < -0.4 is 0 Å². The van der Waals surface area contributed by atoms with Crippen LogP contribution in [-0.2, 0) is 9.53 Å². The molecule has 1 aliphatic rings. The molecule has 18 heavy (non-hydrogen) atoms. The molecule has 0 amide bonds. The molecular weight excluding hydrogens is 223 g/mol. The van der Waals surface area contributed by atoms with Gasteiger partial charge in [0.15, 0.2) is 0 Å². The Kier molecular flexibility index (Phi) is 7.45. The number of hydrogen-bond donors (Lipinski definition) is 0. The molecule has 3 heteroatoms. The van der Waals surface area contributed by atoms with Crippen molar-refractivity contribution in [3.63, 3.8) is 0 Å². The van der Waals surface area contributed by atoms with Gasteiger partial charge in [-0.2, -0.15) is 0 Å². The lowest BCUT2D eigenvalue weighted by Gasteiger charge is -2.26. The predicted molar refractivity (Wildman–Crippen MR) is 75.8 cm³/mol. The van der Waals surface area contributed by atoms with Gasteiger partial charge in [0.05, 0.1) is 19.9 Å². The highest BCUT2D eigenvalue weighted by atomic mass is 16.5. The van der Waals surface area contributed by atoms with E-state index < -0.39 is 0 Å². The predicted octanol–water partition coefficient (Wildman–Crippen LogP) is 4.04. The molecule has 0 atom stereocenters. The summed E-state index contributed by atoms with van der Waals surface area (Å²) in [5.41, 5.74) is -0.150. The van der Waals surface area contributed by atoms with Crippen LogP contribution in [0.4, 0.5) is 0 Å². The van der Waals surface area contributed by atoms with Gasteiger partial charge >= 0.3 is 5.97 Å². The first-order valence-corrected chi connectivity index (χ1v) is 7.62. The van der Waals surface area contributed by atoms with E-state index >= 15 is 0 Å². The molecule has 0 aromatic rings. The molecule has 1 fully saturated rings. The van der Waals surface area contributed by atoms with Crippen molar-refractivity contribution >= 4 is 13.8 Å². The van der Waals surface area contributed by atoms with Crippen LogP contribution in [0.25, 0.3) is 0 Å². The van der Waals surface area contributed by atoms with Crippen molar-refractivity contribution in [2.45, 2.75) is 77.5 Å². The van der Waals surface area contributed by atoms with Crippen LogP contribution in [0.5, 0.6) is 0 Å². The van der Waals surface area contributed by atoms with Gasteiger partial charge in [-0.05, 0) is 25.7 Å². The van der Waals surface area contributed by atoms with E-state index in [1.165, 1.54) is 12.8 Å². The number of hydrogen-bond acceptors (Lipinski definition) is 2. The zero-order valence-corrected chi connectivity index (χ0v) is 11.9. The van der Waals surface area contributed by atoms with E-state index in [4.69, 9.17) is 12.6 Å². The topological polar surface area (TPSA) is 26.3 Å². The van der Waals surface area contributed by atoms with E-state index in [0.717, 1.165) is 57.7 Å². The standard InChI is InChI=1S/C15H27BO2/c1-2-3-13-18-14(17)15(10-6-7-11-15)9-5-4-8-12-16/h2-13H2,1H3. The number of carbonyl (C=O) groups excluding carboxylic acids is 1. The van der Waals surface area contributed by atoms with E-state index in [1.807, 2.05) is 0 Å². The van der Waals surface area contributed by atoms with Gasteiger partial charge in [-0.15, -0.1) is 0 Å². The lowest BCUT2D eigenvalue weighted by atomic mass is 9.80. The molecule has 2 nitrogen and oxygen atoms in total. The third-order valence-corrected chi connectivity index (χ3v) is 4.08. The molecule has 1 aliphatic carbocycles. The number of rotatable bonds is 9. The van der Waals surface area contributed by atoms with Crippen molar-refractivity contribution < 1.29 is 9.53 Å². The average molecular weight is 250 g/mol. The molecule has 0 spiro atoms. The molecule has 0 N–H and O–H groups in total. The molecule has 0 aliphatic heterocycles. The minimum absolute atomic E-state index is 0.0706. The summed E-state index contributed by atoms with van der Waals surface area (Å²) in [7, 11) is 5.50. The van der Waals surface area contributed by atoms with E-state index in [9.17, 15) is 4.79 Å². The summed E-state index contributed by atoms with van der Waals surface area (Å²) in [6, 6.07) is 0. The molecule has 102 valence electrons. The van der Waals surface area contributed by atoms with Gasteiger partial charge < -0.3 is 4.74 Å². The van der Waals surface area contributed by atoms with Crippen molar-refractivity contribution in [1.29, 1.82) is 0 Å². The number of ether oxygens (including phenoxy) is 1. The third kappa shape index (κ3) is 4.66. The Hall–Kier alpha value is -0.465. The maximum atomic E-state index is 12.3. The summed E-state index contributed by atoms with van der Waals surface area (Å²) in [4.78, 5) is 12.3. The second-order valence-corrected chi connectivity index (χ2v) is 5.58. The molecule has 1 saturated carbocycles. The molecule has 0 aromatic carbocycles. The Balaban J connectivity index is 2.38. The van der Waals surface area contributed by atoms with Crippen molar-refractivity contribution in [2.24, 2.45) is 5.41 Å².